The monoisotopic (exact) mass is 458 g/mol. The fourth-order valence-electron chi connectivity index (χ4n) is 4.84. The minimum absolute atomic E-state index is 0.0619. The molecule has 2 heterocycles. The molecule has 1 N–H and O–H groups in total. The number of hydrogen-bond donors (Lipinski definition) is 1. The van der Waals surface area contributed by atoms with Crippen LogP contribution in [0, 0.1) is 11.8 Å². The van der Waals surface area contributed by atoms with Gasteiger partial charge in [-0.15, -0.1) is 11.3 Å². The topological polar surface area (TPSA) is 77.5 Å². The SMILES string of the molecule is CC1CC=C2CC(C)(C)OC2=C1OCC(=O)Nc1nc(C(=O)CCC2CCCCC2)cs1. The molecule has 1 aromatic heterocycles. The summed E-state index contributed by atoms with van der Waals surface area (Å²) in [6.45, 7) is 6.09. The van der Waals surface area contributed by atoms with Gasteiger partial charge in [-0.25, -0.2) is 4.98 Å². The van der Waals surface area contributed by atoms with E-state index < -0.39 is 0 Å². The fourth-order valence-corrected chi connectivity index (χ4v) is 5.58. The van der Waals surface area contributed by atoms with Crippen molar-refractivity contribution in [2.75, 3.05) is 11.9 Å². The molecule has 1 atom stereocenters. The predicted molar refractivity (Wildman–Crippen MR) is 126 cm³/mol. The van der Waals surface area contributed by atoms with Gasteiger partial charge in [-0.1, -0.05) is 45.1 Å². The van der Waals surface area contributed by atoms with Crippen molar-refractivity contribution in [2.24, 2.45) is 11.8 Å². The van der Waals surface area contributed by atoms with Gasteiger partial charge in [0.2, 0.25) is 0 Å². The minimum atomic E-state index is -0.283. The first kappa shape index (κ1) is 23.0. The number of allylic oxidation sites excluding steroid dienone is 3. The highest BCUT2D eigenvalue weighted by atomic mass is 32.1. The third-order valence-corrected chi connectivity index (χ3v) is 7.33. The molecular formula is C25H34N2O4S. The largest absolute Gasteiger partial charge is 0.484 e. The number of nitrogens with zero attached hydrogens (tertiary/aromatic N) is 1. The number of hydrogen-bond acceptors (Lipinski definition) is 6. The predicted octanol–water partition coefficient (Wildman–Crippen LogP) is 6.02. The average Bonchev–Trinajstić information content (AvgIpc) is 3.35. The highest BCUT2D eigenvalue weighted by molar-refractivity contribution is 7.14. The number of carbonyl (C=O) groups is 2. The number of aromatic nitrogens is 1. The second kappa shape index (κ2) is 9.77. The highest BCUT2D eigenvalue weighted by Crippen LogP contribution is 2.43. The summed E-state index contributed by atoms with van der Waals surface area (Å²) in [5.41, 5.74) is 1.37. The summed E-state index contributed by atoms with van der Waals surface area (Å²) in [7, 11) is 0. The fraction of sp³-hybridized carbons (Fsp3) is 0.640. The lowest BCUT2D eigenvalue weighted by Crippen LogP contribution is -2.21. The number of amides is 1. The third-order valence-electron chi connectivity index (χ3n) is 6.57. The molecule has 0 aromatic carbocycles. The van der Waals surface area contributed by atoms with Gasteiger partial charge < -0.3 is 9.47 Å². The Kier molecular flexibility index (Phi) is 7.03. The number of Topliss-reactive ketones (excluding diaryl/α,β-unsaturated/α-hetero) is 1. The molecule has 7 heteroatoms. The second-order valence-corrected chi connectivity index (χ2v) is 10.8. The van der Waals surface area contributed by atoms with E-state index in [1.165, 1.54) is 49.0 Å². The van der Waals surface area contributed by atoms with Gasteiger partial charge >= 0.3 is 0 Å². The Morgan fingerprint density at radius 3 is 2.84 bits per heavy atom. The van der Waals surface area contributed by atoms with E-state index in [2.05, 4.69) is 37.1 Å². The molecule has 1 saturated carbocycles. The number of rotatable bonds is 8. The normalized spacial score (nSPS) is 22.7. The minimum Gasteiger partial charge on any atom is -0.484 e. The van der Waals surface area contributed by atoms with Crippen molar-refractivity contribution in [1.29, 1.82) is 0 Å². The zero-order valence-corrected chi connectivity index (χ0v) is 20.2. The van der Waals surface area contributed by atoms with Crippen LogP contribution in [0.25, 0.3) is 0 Å². The van der Waals surface area contributed by atoms with Gasteiger partial charge in [0.05, 0.1) is 0 Å². The van der Waals surface area contributed by atoms with E-state index in [0.29, 0.717) is 23.2 Å². The van der Waals surface area contributed by atoms with Crippen molar-refractivity contribution in [3.05, 3.63) is 34.2 Å². The van der Waals surface area contributed by atoms with E-state index in [9.17, 15) is 9.59 Å². The first-order chi connectivity index (χ1) is 15.3. The first-order valence-corrected chi connectivity index (χ1v) is 12.7. The number of thiazole rings is 1. The van der Waals surface area contributed by atoms with Crippen molar-refractivity contribution in [3.63, 3.8) is 0 Å². The van der Waals surface area contributed by atoms with Crippen LogP contribution >= 0.6 is 11.3 Å². The van der Waals surface area contributed by atoms with E-state index in [1.807, 2.05) is 0 Å². The van der Waals surface area contributed by atoms with Crippen LogP contribution in [0.2, 0.25) is 0 Å². The molecule has 1 saturated heterocycles. The summed E-state index contributed by atoms with van der Waals surface area (Å²) in [6.07, 6.45) is 11.8. The average molecular weight is 459 g/mol. The molecule has 1 amide bonds. The van der Waals surface area contributed by atoms with E-state index in [1.54, 1.807) is 5.38 Å². The van der Waals surface area contributed by atoms with Gasteiger partial charge in [-0.3, -0.25) is 14.9 Å². The van der Waals surface area contributed by atoms with E-state index >= 15 is 0 Å². The number of ether oxygens (including phenoxy) is 2. The Bertz CT molecular complexity index is 924. The molecule has 4 rings (SSSR count). The maximum absolute atomic E-state index is 12.5. The van der Waals surface area contributed by atoms with Gasteiger partial charge in [-0.2, -0.15) is 0 Å². The summed E-state index contributed by atoms with van der Waals surface area (Å²) in [5, 5.41) is 4.94. The van der Waals surface area contributed by atoms with Crippen LogP contribution in [-0.4, -0.2) is 28.9 Å². The molecule has 0 radical (unpaired) electrons. The lowest BCUT2D eigenvalue weighted by Gasteiger charge is -2.23. The van der Waals surface area contributed by atoms with Crippen molar-refractivity contribution < 1.29 is 19.1 Å². The Labute approximate surface area is 194 Å². The number of ketones is 1. The van der Waals surface area contributed by atoms with Crippen molar-refractivity contribution in [1.82, 2.24) is 4.98 Å². The van der Waals surface area contributed by atoms with Crippen LogP contribution in [0.4, 0.5) is 5.13 Å². The van der Waals surface area contributed by atoms with Gasteiger partial charge in [0.25, 0.3) is 5.91 Å². The molecule has 0 spiro atoms. The second-order valence-electron chi connectivity index (χ2n) is 9.94. The van der Waals surface area contributed by atoms with Crippen LogP contribution in [0.15, 0.2) is 28.5 Å². The van der Waals surface area contributed by atoms with Crippen molar-refractivity contribution in [3.8, 4) is 0 Å². The van der Waals surface area contributed by atoms with Crippen LogP contribution in [0.5, 0.6) is 0 Å². The standard InChI is InChI=1S/C25H34N2O4S/c1-16-9-11-18-13-25(2,3)31-23(18)22(16)30-14-21(29)27-24-26-19(15-32-24)20(28)12-10-17-7-5-4-6-8-17/h11,15-17H,4-10,12-14H2,1-3H3,(H,26,27,29). The molecule has 3 aliphatic rings. The summed E-state index contributed by atoms with van der Waals surface area (Å²) < 4.78 is 12.0. The molecule has 1 aromatic rings. The zero-order valence-electron chi connectivity index (χ0n) is 19.4. The molecule has 1 unspecified atom stereocenters. The molecule has 2 fully saturated rings. The quantitative estimate of drug-likeness (QED) is 0.482. The summed E-state index contributed by atoms with van der Waals surface area (Å²) in [6, 6.07) is 0. The van der Waals surface area contributed by atoms with E-state index in [0.717, 1.165) is 30.8 Å². The van der Waals surface area contributed by atoms with Crippen LogP contribution in [0.1, 0.15) is 89.0 Å². The molecule has 32 heavy (non-hydrogen) atoms. The van der Waals surface area contributed by atoms with E-state index in [4.69, 9.17) is 9.47 Å². The molecule has 0 bridgehead atoms. The number of anilines is 1. The third kappa shape index (κ3) is 5.61. The van der Waals surface area contributed by atoms with Crippen molar-refractivity contribution >= 4 is 28.2 Å². The Morgan fingerprint density at radius 2 is 2.06 bits per heavy atom. The van der Waals surface area contributed by atoms with Crippen LogP contribution in [0.3, 0.4) is 0 Å². The Hall–Kier alpha value is -2.15. The number of fused-ring (bicyclic) bond motifs is 1. The summed E-state index contributed by atoms with van der Waals surface area (Å²) in [5.74, 6) is 2.16. The molecule has 6 nitrogen and oxygen atoms in total. The molecule has 2 aliphatic carbocycles. The summed E-state index contributed by atoms with van der Waals surface area (Å²) in [4.78, 5) is 29.3. The smallest absolute Gasteiger partial charge is 0.264 e. The van der Waals surface area contributed by atoms with Gasteiger partial charge in [-0.05, 0) is 38.2 Å². The Balaban J connectivity index is 1.28. The van der Waals surface area contributed by atoms with Gasteiger partial charge in [0, 0.05) is 24.1 Å². The zero-order chi connectivity index (χ0) is 22.7. The van der Waals surface area contributed by atoms with Gasteiger partial charge in [0.15, 0.2) is 23.3 Å². The van der Waals surface area contributed by atoms with Gasteiger partial charge in [0.1, 0.15) is 17.1 Å². The maximum Gasteiger partial charge on any atom is 0.264 e. The first-order valence-electron chi connectivity index (χ1n) is 11.8. The highest BCUT2D eigenvalue weighted by Gasteiger charge is 2.38. The van der Waals surface area contributed by atoms with E-state index in [-0.39, 0.29) is 29.8 Å². The lowest BCUT2D eigenvalue weighted by molar-refractivity contribution is -0.119. The molecular weight excluding hydrogens is 424 g/mol. The molecule has 174 valence electrons. The van der Waals surface area contributed by atoms with Crippen LogP contribution < -0.4 is 5.32 Å². The Morgan fingerprint density at radius 1 is 1.28 bits per heavy atom. The summed E-state index contributed by atoms with van der Waals surface area (Å²) >= 11 is 1.28. The number of nitrogens with one attached hydrogen (secondary N) is 1. The maximum atomic E-state index is 12.5. The molecule has 1 aliphatic heterocycles. The van der Waals surface area contributed by atoms with Crippen LogP contribution in [-0.2, 0) is 14.3 Å². The number of carbonyl (C=O) groups excluding carboxylic acids is 2. The lowest BCUT2D eigenvalue weighted by atomic mass is 9.85. The van der Waals surface area contributed by atoms with Crippen molar-refractivity contribution in [2.45, 2.75) is 84.2 Å².